The fourth-order valence-electron chi connectivity index (χ4n) is 3.83. The smallest absolute Gasteiger partial charge is 0.140 e. The van der Waals surface area contributed by atoms with Crippen LogP contribution >= 0.6 is 0 Å². The Morgan fingerprint density at radius 3 is 2.71 bits per heavy atom. The minimum absolute atomic E-state index is 0.842. The zero-order chi connectivity index (χ0) is 14.5. The Morgan fingerprint density at radius 2 is 1.90 bits per heavy atom. The summed E-state index contributed by atoms with van der Waals surface area (Å²) in [6.45, 7) is 10.4. The molecule has 3 rings (SSSR count). The molecule has 21 heavy (non-hydrogen) atoms. The molecule has 2 saturated heterocycles. The zero-order valence-corrected chi connectivity index (χ0v) is 13.4. The first-order chi connectivity index (χ1) is 10.3. The Balaban J connectivity index is 1.50. The first kappa shape index (κ1) is 15.0. The van der Waals surface area contributed by atoms with E-state index in [1.54, 1.807) is 6.33 Å². The number of rotatable bonds is 5. The molecule has 0 radical (unpaired) electrons. The van der Waals surface area contributed by atoms with Crippen molar-refractivity contribution in [1.82, 2.24) is 24.6 Å². The first-order valence-corrected chi connectivity index (χ1v) is 8.66. The fourth-order valence-corrected chi connectivity index (χ4v) is 3.83. The third-order valence-electron chi connectivity index (χ3n) is 4.93. The Bertz CT molecular complexity index is 424. The number of hydrogen-bond donors (Lipinski definition) is 0. The third-order valence-corrected chi connectivity index (χ3v) is 4.93. The van der Waals surface area contributed by atoms with E-state index in [1.807, 2.05) is 4.68 Å². The topological polar surface area (TPSA) is 37.2 Å². The van der Waals surface area contributed by atoms with Gasteiger partial charge in [0.25, 0.3) is 0 Å². The molecule has 1 aromatic heterocycles. The van der Waals surface area contributed by atoms with E-state index in [-0.39, 0.29) is 0 Å². The van der Waals surface area contributed by atoms with Gasteiger partial charge in [-0.1, -0.05) is 6.42 Å². The van der Waals surface area contributed by atoms with Crippen LogP contribution < -0.4 is 0 Å². The molecule has 1 atom stereocenters. The highest BCUT2D eigenvalue weighted by Gasteiger charge is 2.23. The van der Waals surface area contributed by atoms with E-state index < -0.39 is 0 Å². The first-order valence-electron chi connectivity index (χ1n) is 8.66. The van der Waals surface area contributed by atoms with Gasteiger partial charge < -0.3 is 4.90 Å². The van der Waals surface area contributed by atoms with Gasteiger partial charge in [-0.15, -0.1) is 0 Å². The number of piperidine rings is 2. The molecule has 0 unspecified atom stereocenters. The van der Waals surface area contributed by atoms with Gasteiger partial charge in [-0.25, -0.2) is 9.67 Å². The molecule has 0 N–H and O–H groups in total. The van der Waals surface area contributed by atoms with Gasteiger partial charge in [0.05, 0.1) is 6.54 Å². The van der Waals surface area contributed by atoms with Gasteiger partial charge >= 0.3 is 0 Å². The molecule has 0 bridgehead atoms. The van der Waals surface area contributed by atoms with Crippen LogP contribution in [-0.2, 0) is 13.1 Å². The number of likely N-dealkylation sites (tertiary alicyclic amines) is 2. The molecule has 0 amide bonds. The molecule has 5 heteroatoms. The summed E-state index contributed by atoms with van der Waals surface area (Å²) in [5, 5.41) is 4.28. The van der Waals surface area contributed by atoms with Crippen LogP contribution in [0.15, 0.2) is 6.33 Å². The molecule has 0 aromatic carbocycles. The van der Waals surface area contributed by atoms with Crippen molar-refractivity contribution < 1.29 is 0 Å². The van der Waals surface area contributed by atoms with Gasteiger partial charge in [0.15, 0.2) is 0 Å². The van der Waals surface area contributed by atoms with Crippen molar-refractivity contribution in [2.24, 2.45) is 5.92 Å². The number of aromatic nitrogens is 3. The van der Waals surface area contributed by atoms with Crippen molar-refractivity contribution in [3.05, 3.63) is 12.2 Å². The van der Waals surface area contributed by atoms with E-state index >= 15 is 0 Å². The summed E-state index contributed by atoms with van der Waals surface area (Å²) in [7, 11) is 0. The second-order valence-corrected chi connectivity index (χ2v) is 6.60. The molecule has 2 fully saturated rings. The Morgan fingerprint density at radius 1 is 1.10 bits per heavy atom. The van der Waals surface area contributed by atoms with Crippen molar-refractivity contribution in [2.75, 3.05) is 32.7 Å². The fraction of sp³-hybridized carbons (Fsp3) is 0.875. The summed E-state index contributed by atoms with van der Waals surface area (Å²) < 4.78 is 2.02. The summed E-state index contributed by atoms with van der Waals surface area (Å²) in [4.78, 5) is 9.69. The molecule has 0 spiro atoms. The van der Waals surface area contributed by atoms with Crippen LogP contribution in [0, 0.1) is 5.92 Å². The van der Waals surface area contributed by atoms with Crippen LogP contribution in [0.2, 0.25) is 0 Å². The summed E-state index contributed by atoms with van der Waals surface area (Å²) in [6, 6.07) is 0. The standard InChI is InChI=1S/C16H29N5/c1-2-21-16(17-14-18-21)13-20-10-6-7-15(12-20)11-19-8-4-3-5-9-19/h14-15H,2-13H2,1H3/t15-/m1/s1. The summed E-state index contributed by atoms with van der Waals surface area (Å²) in [6.07, 6.45) is 8.65. The lowest BCUT2D eigenvalue weighted by Gasteiger charge is -2.36. The van der Waals surface area contributed by atoms with Crippen molar-refractivity contribution in [2.45, 2.75) is 52.1 Å². The minimum atomic E-state index is 0.842. The van der Waals surface area contributed by atoms with Crippen molar-refractivity contribution >= 4 is 0 Å². The van der Waals surface area contributed by atoms with E-state index in [2.05, 4.69) is 26.8 Å². The van der Waals surface area contributed by atoms with Gasteiger partial charge in [0, 0.05) is 19.6 Å². The van der Waals surface area contributed by atoms with E-state index in [0.717, 1.165) is 24.8 Å². The van der Waals surface area contributed by atoms with Crippen LogP contribution in [0.5, 0.6) is 0 Å². The maximum Gasteiger partial charge on any atom is 0.140 e. The summed E-state index contributed by atoms with van der Waals surface area (Å²) in [5.74, 6) is 1.96. The SMILES string of the molecule is CCn1ncnc1CN1CCC[C@H](CN2CCCCC2)C1. The third kappa shape index (κ3) is 4.04. The normalized spacial score (nSPS) is 25.3. The van der Waals surface area contributed by atoms with Gasteiger partial charge in [0.1, 0.15) is 12.2 Å². The van der Waals surface area contributed by atoms with E-state index in [4.69, 9.17) is 0 Å². The van der Waals surface area contributed by atoms with Gasteiger partial charge in [-0.05, 0) is 58.2 Å². The molecule has 118 valence electrons. The average molecular weight is 291 g/mol. The summed E-state index contributed by atoms with van der Waals surface area (Å²) >= 11 is 0. The second-order valence-electron chi connectivity index (χ2n) is 6.60. The van der Waals surface area contributed by atoms with Crippen LogP contribution in [0.4, 0.5) is 0 Å². The largest absolute Gasteiger partial charge is 0.303 e. The summed E-state index contributed by atoms with van der Waals surface area (Å²) in [5.41, 5.74) is 0. The lowest BCUT2D eigenvalue weighted by atomic mass is 9.96. The molecule has 3 heterocycles. The molecule has 2 aliphatic heterocycles. The average Bonchev–Trinajstić information content (AvgIpc) is 2.96. The highest BCUT2D eigenvalue weighted by Crippen LogP contribution is 2.20. The Kier molecular flexibility index (Phi) is 5.25. The molecular weight excluding hydrogens is 262 g/mol. The van der Waals surface area contributed by atoms with Crippen LogP contribution in [0.1, 0.15) is 44.9 Å². The van der Waals surface area contributed by atoms with Crippen LogP contribution in [0.3, 0.4) is 0 Å². The second kappa shape index (κ2) is 7.36. The van der Waals surface area contributed by atoms with E-state index in [1.165, 1.54) is 64.8 Å². The van der Waals surface area contributed by atoms with E-state index in [9.17, 15) is 0 Å². The molecule has 0 saturated carbocycles. The maximum absolute atomic E-state index is 4.42. The highest BCUT2D eigenvalue weighted by atomic mass is 15.3. The molecule has 5 nitrogen and oxygen atoms in total. The number of nitrogens with zero attached hydrogens (tertiary/aromatic N) is 5. The van der Waals surface area contributed by atoms with Crippen LogP contribution in [0.25, 0.3) is 0 Å². The Hall–Kier alpha value is -0.940. The van der Waals surface area contributed by atoms with Gasteiger partial charge in [-0.2, -0.15) is 5.10 Å². The highest BCUT2D eigenvalue weighted by molar-refractivity contribution is 4.87. The van der Waals surface area contributed by atoms with Crippen LogP contribution in [-0.4, -0.2) is 57.3 Å². The monoisotopic (exact) mass is 291 g/mol. The van der Waals surface area contributed by atoms with E-state index in [0.29, 0.717) is 0 Å². The Labute approximate surface area is 128 Å². The minimum Gasteiger partial charge on any atom is -0.303 e. The van der Waals surface area contributed by atoms with Gasteiger partial charge in [0.2, 0.25) is 0 Å². The number of aryl methyl sites for hydroxylation is 1. The maximum atomic E-state index is 4.42. The van der Waals surface area contributed by atoms with Crippen molar-refractivity contribution in [3.63, 3.8) is 0 Å². The van der Waals surface area contributed by atoms with Gasteiger partial charge in [-0.3, -0.25) is 4.90 Å². The molecule has 1 aromatic rings. The lowest BCUT2D eigenvalue weighted by Crippen LogP contribution is -2.42. The quantitative estimate of drug-likeness (QED) is 0.831. The molecule has 2 aliphatic rings. The zero-order valence-electron chi connectivity index (χ0n) is 13.4. The molecule has 0 aliphatic carbocycles. The predicted molar refractivity (Wildman–Crippen MR) is 84.0 cm³/mol. The number of hydrogen-bond acceptors (Lipinski definition) is 4. The lowest BCUT2D eigenvalue weighted by molar-refractivity contribution is 0.115. The van der Waals surface area contributed by atoms with Crippen molar-refractivity contribution in [3.8, 4) is 0 Å². The van der Waals surface area contributed by atoms with Crippen molar-refractivity contribution in [1.29, 1.82) is 0 Å². The predicted octanol–water partition coefficient (Wildman–Crippen LogP) is 2.00. The molecular formula is C16H29N5.